The smallest absolute Gasteiger partial charge is 0.125 e. The fourth-order valence-corrected chi connectivity index (χ4v) is 0.773. The van der Waals surface area contributed by atoms with Crippen molar-refractivity contribution in [2.24, 2.45) is 0 Å². The van der Waals surface area contributed by atoms with Crippen LogP contribution >= 0.6 is 11.6 Å². The number of halogens is 1. The Bertz CT molecular complexity index is 195. The molecule has 0 aliphatic rings. The average molecular weight is 157 g/mol. The van der Waals surface area contributed by atoms with E-state index < -0.39 is 0 Å². The Morgan fingerprint density at radius 1 is 1.60 bits per heavy atom. The monoisotopic (exact) mass is 156 g/mol. The van der Waals surface area contributed by atoms with E-state index in [1.165, 1.54) is 0 Å². The van der Waals surface area contributed by atoms with Gasteiger partial charge < -0.3 is 5.32 Å². The Morgan fingerprint density at radius 3 is 2.90 bits per heavy atom. The summed E-state index contributed by atoms with van der Waals surface area (Å²) in [5.74, 6) is 0.868. The third kappa shape index (κ3) is 1.88. The molecule has 0 unspecified atom stereocenters. The largest absolute Gasteiger partial charge is 0.370 e. The van der Waals surface area contributed by atoms with Crippen molar-refractivity contribution in [2.75, 3.05) is 11.9 Å². The van der Waals surface area contributed by atoms with Crippen molar-refractivity contribution in [3.8, 4) is 0 Å². The van der Waals surface area contributed by atoms with Crippen LogP contribution in [0.4, 0.5) is 5.82 Å². The minimum Gasteiger partial charge on any atom is -0.370 e. The molecule has 0 aliphatic heterocycles. The van der Waals surface area contributed by atoms with Gasteiger partial charge in [-0.1, -0.05) is 11.6 Å². The zero-order chi connectivity index (χ0) is 7.40. The molecule has 1 N–H and O–H groups in total. The SMILES string of the molecule is CCNc1ccc(Cl)cn1. The van der Waals surface area contributed by atoms with E-state index in [9.17, 15) is 0 Å². The molecule has 3 heteroatoms. The molecule has 0 fully saturated rings. The van der Waals surface area contributed by atoms with Gasteiger partial charge in [0.25, 0.3) is 0 Å². The summed E-state index contributed by atoms with van der Waals surface area (Å²) in [4.78, 5) is 4.02. The lowest BCUT2D eigenvalue weighted by Crippen LogP contribution is -1.97. The quantitative estimate of drug-likeness (QED) is 0.710. The van der Waals surface area contributed by atoms with Gasteiger partial charge in [-0.2, -0.15) is 0 Å². The molecular formula is C7H9ClN2. The first kappa shape index (κ1) is 7.35. The molecule has 0 aliphatic carbocycles. The molecular weight excluding hydrogens is 148 g/mol. The molecule has 0 radical (unpaired) electrons. The Kier molecular flexibility index (Phi) is 2.51. The van der Waals surface area contributed by atoms with Crippen LogP contribution in [0.15, 0.2) is 18.3 Å². The predicted molar refractivity (Wildman–Crippen MR) is 43.4 cm³/mol. The Morgan fingerprint density at radius 2 is 2.40 bits per heavy atom. The van der Waals surface area contributed by atoms with E-state index in [0.29, 0.717) is 5.02 Å². The van der Waals surface area contributed by atoms with E-state index >= 15 is 0 Å². The van der Waals surface area contributed by atoms with E-state index in [2.05, 4.69) is 10.3 Å². The molecule has 0 bridgehead atoms. The fourth-order valence-electron chi connectivity index (χ4n) is 0.662. The highest BCUT2D eigenvalue weighted by Crippen LogP contribution is 2.08. The van der Waals surface area contributed by atoms with Crippen LogP contribution in [0, 0.1) is 0 Å². The van der Waals surface area contributed by atoms with E-state index in [1.54, 1.807) is 6.20 Å². The number of rotatable bonds is 2. The van der Waals surface area contributed by atoms with Gasteiger partial charge in [0, 0.05) is 12.7 Å². The second-order valence-corrected chi connectivity index (χ2v) is 2.33. The summed E-state index contributed by atoms with van der Waals surface area (Å²) in [6.45, 7) is 2.91. The van der Waals surface area contributed by atoms with Gasteiger partial charge in [-0.3, -0.25) is 0 Å². The van der Waals surface area contributed by atoms with E-state index in [1.807, 2.05) is 19.1 Å². The topological polar surface area (TPSA) is 24.9 Å². The summed E-state index contributed by atoms with van der Waals surface area (Å²) in [5.41, 5.74) is 0. The minimum atomic E-state index is 0.668. The predicted octanol–water partition coefficient (Wildman–Crippen LogP) is 2.17. The van der Waals surface area contributed by atoms with Crippen molar-refractivity contribution in [3.05, 3.63) is 23.4 Å². The van der Waals surface area contributed by atoms with Gasteiger partial charge in [0.15, 0.2) is 0 Å². The molecule has 0 spiro atoms. The molecule has 1 aromatic rings. The van der Waals surface area contributed by atoms with E-state index in [4.69, 9.17) is 11.6 Å². The van der Waals surface area contributed by atoms with Crippen LogP contribution in [0.5, 0.6) is 0 Å². The summed E-state index contributed by atoms with van der Waals surface area (Å²) in [6, 6.07) is 3.67. The number of anilines is 1. The van der Waals surface area contributed by atoms with Gasteiger partial charge in [0.05, 0.1) is 5.02 Å². The first-order chi connectivity index (χ1) is 4.83. The lowest BCUT2D eigenvalue weighted by Gasteiger charge is -1.99. The lowest BCUT2D eigenvalue weighted by atomic mass is 10.4. The molecule has 54 valence electrons. The molecule has 0 amide bonds. The highest BCUT2D eigenvalue weighted by Gasteiger charge is 1.89. The summed E-state index contributed by atoms with van der Waals surface area (Å²) < 4.78 is 0. The van der Waals surface area contributed by atoms with Crippen LogP contribution in [0.2, 0.25) is 5.02 Å². The number of aromatic nitrogens is 1. The number of hydrogen-bond acceptors (Lipinski definition) is 2. The van der Waals surface area contributed by atoms with Gasteiger partial charge in [-0.05, 0) is 19.1 Å². The molecule has 1 rings (SSSR count). The minimum absolute atomic E-state index is 0.668. The van der Waals surface area contributed by atoms with Crippen LogP contribution in [-0.4, -0.2) is 11.5 Å². The third-order valence-electron chi connectivity index (χ3n) is 1.09. The summed E-state index contributed by atoms with van der Waals surface area (Å²) >= 11 is 5.62. The molecule has 0 saturated carbocycles. The van der Waals surface area contributed by atoms with E-state index in [0.717, 1.165) is 12.4 Å². The Labute approximate surface area is 65.2 Å². The van der Waals surface area contributed by atoms with Crippen molar-refractivity contribution in [3.63, 3.8) is 0 Å². The summed E-state index contributed by atoms with van der Waals surface area (Å²) in [7, 11) is 0. The third-order valence-corrected chi connectivity index (χ3v) is 1.31. The highest BCUT2D eigenvalue weighted by molar-refractivity contribution is 6.30. The van der Waals surface area contributed by atoms with Crippen molar-refractivity contribution >= 4 is 17.4 Å². The van der Waals surface area contributed by atoms with Crippen molar-refractivity contribution < 1.29 is 0 Å². The molecule has 10 heavy (non-hydrogen) atoms. The number of nitrogens with zero attached hydrogens (tertiary/aromatic N) is 1. The van der Waals surface area contributed by atoms with Gasteiger partial charge >= 0.3 is 0 Å². The molecule has 0 saturated heterocycles. The van der Waals surface area contributed by atoms with Crippen LogP contribution in [0.1, 0.15) is 6.92 Å². The highest BCUT2D eigenvalue weighted by atomic mass is 35.5. The molecule has 2 nitrogen and oxygen atoms in total. The summed E-state index contributed by atoms with van der Waals surface area (Å²) in [6.07, 6.45) is 1.62. The number of hydrogen-bond donors (Lipinski definition) is 1. The Balaban J connectivity index is 2.69. The fraction of sp³-hybridized carbons (Fsp3) is 0.286. The maximum atomic E-state index is 5.62. The molecule has 1 aromatic heterocycles. The van der Waals surface area contributed by atoms with Crippen LogP contribution in [-0.2, 0) is 0 Å². The van der Waals surface area contributed by atoms with Gasteiger partial charge in [-0.15, -0.1) is 0 Å². The second-order valence-electron chi connectivity index (χ2n) is 1.89. The molecule has 0 atom stereocenters. The zero-order valence-electron chi connectivity index (χ0n) is 5.76. The van der Waals surface area contributed by atoms with Crippen molar-refractivity contribution in [2.45, 2.75) is 6.92 Å². The van der Waals surface area contributed by atoms with Crippen molar-refractivity contribution in [1.82, 2.24) is 4.98 Å². The second kappa shape index (κ2) is 3.42. The Hall–Kier alpha value is -0.760. The van der Waals surface area contributed by atoms with Crippen LogP contribution < -0.4 is 5.32 Å². The zero-order valence-corrected chi connectivity index (χ0v) is 6.52. The maximum Gasteiger partial charge on any atom is 0.125 e. The van der Waals surface area contributed by atoms with Gasteiger partial charge in [0.1, 0.15) is 5.82 Å². The summed E-state index contributed by atoms with van der Waals surface area (Å²) in [5, 5.41) is 3.73. The molecule has 0 aromatic carbocycles. The standard InChI is InChI=1S/C7H9ClN2/c1-2-9-7-4-3-6(8)5-10-7/h3-5H,2H2,1H3,(H,9,10). The first-order valence-corrected chi connectivity index (χ1v) is 3.56. The average Bonchev–Trinajstić information content (AvgIpc) is 1.95. The number of pyridine rings is 1. The normalized spacial score (nSPS) is 9.40. The van der Waals surface area contributed by atoms with Crippen LogP contribution in [0.25, 0.3) is 0 Å². The maximum absolute atomic E-state index is 5.62. The van der Waals surface area contributed by atoms with Crippen molar-refractivity contribution in [1.29, 1.82) is 0 Å². The van der Waals surface area contributed by atoms with Gasteiger partial charge in [-0.25, -0.2) is 4.98 Å². The van der Waals surface area contributed by atoms with E-state index in [-0.39, 0.29) is 0 Å². The first-order valence-electron chi connectivity index (χ1n) is 3.18. The lowest BCUT2D eigenvalue weighted by molar-refractivity contribution is 1.16. The van der Waals surface area contributed by atoms with Gasteiger partial charge in [0.2, 0.25) is 0 Å². The number of nitrogens with one attached hydrogen (secondary N) is 1. The molecule has 1 heterocycles. The van der Waals surface area contributed by atoms with Crippen LogP contribution in [0.3, 0.4) is 0 Å².